The fraction of sp³-hybridized carbons (Fsp3) is 0.211. The number of amides is 1. The van der Waals surface area contributed by atoms with E-state index in [0.717, 1.165) is 12.0 Å². The Morgan fingerprint density at radius 1 is 1.15 bits per heavy atom. The van der Waals surface area contributed by atoms with Crippen LogP contribution < -0.4 is 5.32 Å². The summed E-state index contributed by atoms with van der Waals surface area (Å²) < 4.78 is 0. The van der Waals surface area contributed by atoms with Crippen LogP contribution in [0.4, 0.5) is 0 Å². The Balaban J connectivity index is 2.03. The Kier molecular flexibility index (Phi) is 7.86. The number of nitriles is 1. The van der Waals surface area contributed by atoms with Crippen LogP contribution in [0.2, 0.25) is 10.0 Å². The van der Waals surface area contributed by atoms with Crippen LogP contribution >= 0.6 is 35.4 Å². The Labute approximate surface area is 168 Å². The smallest absolute Gasteiger partial charge is 0.258 e. The highest BCUT2D eigenvalue weighted by Gasteiger charge is 2.16. The topological polar surface area (TPSA) is 56.1 Å². The normalized spacial score (nSPS) is 10.0. The van der Waals surface area contributed by atoms with Crippen LogP contribution in [-0.2, 0) is 6.42 Å². The van der Waals surface area contributed by atoms with Gasteiger partial charge in [-0.3, -0.25) is 10.1 Å². The Bertz CT molecular complexity index is 821. The van der Waals surface area contributed by atoms with E-state index >= 15 is 0 Å². The summed E-state index contributed by atoms with van der Waals surface area (Å²) in [7, 11) is 0. The molecule has 0 saturated heterocycles. The lowest BCUT2D eigenvalue weighted by Crippen LogP contribution is -2.44. The lowest BCUT2D eigenvalue weighted by atomic mass is 10.1. The summed E-state index contributed by atoms with van der Waals surface area (Å²) in [6.45, 7) is 1.04. The monoisotopic (exact) mass is 405 g/mol. The molecule has 0 atom stereocenters. The molecule has 0 aliphatic carbocycles. The molecule has 0 aromatic heterocycles. The zero-order valence-corrected chi connectivity index (χ0v) is 16.2. The minimum Gasteiger partial charge on any atom is -0.348 e. The number of thiocarbonyl (C=S) groups is 1. The van der Waals surface area contributed by atoms with Crippen LogP contribution in [0.15, 0.2) is 48.5 Å². The largest absolute Gasteiger partial charge is 0.348 e. The Morgan fingerprint density at radius 3 is 2.54 bits per heavy atom. The van der Waals surface area contributed by atoms with Crippen LogP contribution in [-0.4, -0.2) is 29.0 Å². The van der Waals surface area contributed by atoms with Crippen molar-refractivity contribution in [1.29, 1.82) is 5.26 Å². The van der Waals surface area contributed by atoms with Gasteiger partial charge in [0, 0.05) is 18.1 Å². The van der Waals surface area contributed by atoms with E-state index in [4.69, 9.17) is 40.7 Å². The summed E-state index contributed by atoms with van der Waals surface area (Å²) >= 11 is 17.3. The van der Waals surface area contributed by atoms with Gasteiger partial charge >= 0.3 is 0 Å². The number of hydrogen-bond donors (Lipinski definition) is 1. The maximum Gasteiger partial charge on any atom is 0.258 e. The van der Waals surface area contributed by atoms with Gasteiger partial charge in [0.25, 0.3) is 5.91 Å². The van der Waals surface area contributed by atoms with Crippen molar-refractivity contribution in [2.75, 3.05) is 13.1 Å². The summed E-state index contributed by atoms with van der Waals surface area (Å²) in [5, 5.41) is 12.5. The van der Waals surface area contributed by atoms with Crippen LogP contribution in [0.3, 0.4) is 0 Å². The minimum atomic E-state index is -0.404. The molecule has 0 saturated carbocycles. The standard InChI is InChI=1S/C19H17Cl2N3OS/c20-15-7-8-16(17(21)13-15)18(25)23-19(26)24(11-4-10-22)12-9-14-5-2-1-3-6-14/h1-3,5-8,13H,4,9,11-12H2,(H,23,25,26). The number of hydrogen-bond acceptors (Lipinski definition) is 3. The first-order valence-electron chi connectivity index (χ1n) is 7.97. The van der Waals surface area contributed by atoms with Gasteiger partial charge in [0.05, 0.1) is 23.1 Å². The van der Waals surface area contributed by atoms with Crippen molar-refractivity contribution in [3.8, 4) is 6.07 Å². The van der Waals surface area contributed by atoms with Crippen molar-refractivity contribution in [3.05, 3.63) is 69.7 Å². The average Bonchev–Trinajstić information content (AvgIpc) is 2.62. The second kappa shape index (κ2) is 10.1. The van der Waals surface area contributed by atoms with Gasteiger partial charge in [0.1, 0.15) is 0 Å². The highest BCUT2D eigenvalue weighted by Crippen LogP contribution is 2.20. The third kappa shape index (κ3) is 5.99. The lowest BCUT2D eigenvalue weighted by molar-refractivity contribution is 0.0973. The third-order valence-electron chi connectivity index (χ3n) is 3.69. The highest BCUT2D eigenvalue weighted by molar-refractivity contribution is 7.80. The van der Waals surface area contributed by atoms with Gasteiger partial charge in [-0.2, -0.15) is 5.26 Å². The van der Waals surface area contributed by atoms with Gasteiger partial charge in [-0.25, -0.2) is 0 Å². The molecule has 134 valence electrons. The Hall–Kier alpha value is -2.13. The minimum absolute atomic E-state index is 0.255. The number of halogens is 2. The summed E-state index contributed by atoms with van der Waals surface area (Å²) in [5.74, 6) is -0.404. The van der Waals surface area contributed by atoms with E-state index in [1.807, 2.05) is 35.2 Å². The highest BCUT2D eigenvalue weighted by atomic mass is 35.5. The molecular formula is C19H17Cl2N3OS. The first-order chi connectivity index (χ1) is 12.5. The van der Waals surface area contributed by atoms with Crippen LogP contribution in [0.5, 0.6) is 0 Å². The first kappa shape index (κ1) is 20.2. The maximum absolute atomic E-state index is 12.4. The maximum atomic E-state index is 12.4. The van der Waals surface area contributed by atoms with E-state index in [-0.39, 0.29) is 10.1 Å². The molecule has 1 N–H and O–H groups in total. The molecule has 0 aliphatic rings. The summed E-state index contributed by atoms with van der Waals surface area (Å²) in [4.78, 5) is 14.2. The number of nitrogens with zero attached hydrogens (tertiary/aromatic N) is 2. The van der Waals surface area contributed by atoms with Gasteiger partial charge in [-0.1, -0.05) is 53.5 Å². The van der Waals surface area contributed by atoms with E-state index in [9.17, 15) is 4.79 Å². The van der Waals surface area contributed by atoms with E-state index in [2.05, 4.69) is 11.4 Å². The van der Waals surface area contributed by atoms with Gasteiger partial charge in [-0.05, 0) is 42.4 Å². The lowest BCUT2D eigenvalue weighted by Gasteiger charge is -2.24. The molecular weight excluding hydrogens is 389 g/mol. The third-order valence-corrected chi connectivity index (χ3v) is 4.60. The predicted molar refractivity (Wildman–Crippen MR) is 108 cm³/mol. The molecule has 1 amide bonds. The molecule has 7 heteroatoms. The summed E-state index contributed by atoms with van der Waals surface area (Å²) in [6, 6.07) is 16.7. The number of rotatable bonds is 6. The molecule has 0 fully saturated rings. The van der Waals surface area contributed by atoms with E-state index in [1.54, 1.807) is 12.1 Å². The van der Waals surface area contributed by atoms with Gasteiger partial charge in [0.15, 0.2) is 5.11 Å². The zero-order chi connectivity index (χ0) is 18.9. The van der Waals surface area contributed by atoms with Crippen molar-refractivity contribution in [3.63, 3.8) is 0 Å². The van der Waals surface area contributed by atoms with Crippen molar-refractivity contribution in [2.45, 2.75) is 12.8 Å². The molecule has 4 nitrogen and oxygen atoms in total. The van der Waals surface area contributed by atoms with Crippen molar-refractivity contribution in [1.82, 2.24) is 10.2 Å². The van der Waals surface area contributed by atoms with Crippen LogP contribution in [0, 0.1) is 11.3 Å². The van der Waals surface area contributed by atoms with E-state index < -0.39 is 5.91 Å². The molecule has 2 aromatic carbocycles. The SMILES string of the molecule is N#CCCN(CCc1ccccc1)C(=S)NC(=O)c1ccc(Cl)cc1Cl. The number of nitrogens with one attached hydrogen (secondary N) is 1. The van der Waals surface area contributed by atoms with Crippen LogP contribution in [0.25, 0.3) is 0 Å². The molecule has 0 spiro atoms. The molecule has 0 radical (unpaired) electrons. The fourth-order valence-electron chi connectivity index (χ4n) is 2.33. The molecule has 26 heavy (non-hydrogen) atoms. The van der Waals surface area contributed by atoms with Crippen LogP contribution in [0.1, 0.15) is 22.3 Å². The first-order valence-corrected chi connectivity index (χ1v) is 9.14. The molecule has 2 rings (SSSR count). The Morgan fingerprint density at radius 2 is 1.88 bits per heavy atom. The average molecular weight is 406 g/mol. The molecule has 0 bridgehead atoms. The second-order valence-corrected chi connectivity index (χ2v) is 6.74. The number of carbonyl (C=O) groups is 1. The second-order valence-electron chi connectivity index (χ2n) is 5.51. The summed E-state index contributed by atoms with van der Waals surface area (Å²) in [6.07, 6.45) is 1.07. The van der Waals surface area contributed by atoms with Crippen molar-refractivity contribution in [2.24, 2.45) is 0 Å². The summed E-state index contributed by atoms with van der Waals surface area (Å²) in [5.41, 5.74) is 1.45. The van der Waals surface area contributed by atoms with Crippen molar-refractivity contribution < 1.29 is 4.79 Å². The molecule has 0 heterocycles. The number of benzene rings is 2. The molecule has 0 unspecified atom stereocenters. The van der Waals surface area contributed by atoms with Gasteiger partial charge in [-0.15, -0.1) is 0 Å². The zero-order valence-electron chi connectivity index (χ0n) is 13.9. The van der Waals surface area contributed by atoms with Crippen molar-refractivity contribution >= 4 is 46.4 Å². The van der Waals surface area contributed by atoms with E-state index in [1.165, 1.54) is 6.07 Å². The molecule has 2 aromatic rings. The van der Waals surface area contributed by atoms with Gasteiger partial charge in [0.2, 0.25) is 0 Å². The van der Waals surface area contributed by atoms with E-state index in [0.29, 0.717) is 30.1 Å². The van der Waals surface area contributed by atoms with Gasteiger partial charge < -0.3 is 4.90 Å². The quantitative estimate of drug-likeness (QED) is 0.720. The molecule has 0 aliphatic heterocycles. The fourth-order valence-corrected chi connectivity index (χ4v) is 3.10. The number of carbonyl (C=O) groups excluding carboxylic acids is 1. The predicted octanol–water partition coefficient (Wildman–Crippen LogP) is 4.47.